The number of aromatic nitrogens is 1. The smallest absolute Gasteiger partial charge is 0.269 e. The Morgan fingerprint density at radius 1 is 1.37 bits per heavy atom. The van der Waals surface area contributed by atoms with Gasteiger partial charge in [0, 0.05) is 24.4 Å². The average molecular weight is 255 g/mol. The van der Waals surface area contributed by atoms with E-state index in [9.17, 15) is 10.1 Å². The van der Waals surface area contributed by atoms with Crippen LogP contribution in [0.2, 0.25) is 0 Å². The molecule has 0 N–H and O–H groups in total. The molecule has 1 aromatic heterocycles. The van der Waals surface area contributed by atoms with Gasteiger partial charge in [0.25, 0.3) is 5.69 Å². The van der Waals surface area contributed by atoms with Crippen molar-refractivity contribution < 1.29 is 9.66 Å². The molecule has 0 fully saturated rings. The third-order valence-corrected chi connectivity index (χ3v) is 2.45. The van der Waals surface area contributed by atoms with Crippen LogP contribution < -0.4 is 4.74 Å². The van der Waals surface area contributed by atoms with Gasteiger partial charge in [-0.1, -0.05) is 0 Å². The summed E-state index contributed by atoms with van der Waals surface area (Å²) >= 11 is 0. The summed E-state index contributed by atoms with van der Waals surface area (Å²) in [6.07, 6.45) is 1.40. The molecule has 2 aromatic rings. The van der Waals surface area contributed by atoms with E-state index in [0.717, 1.165) is 0 Å². The molecule has 19 heavy (non-hydrogen) atoms. The molecule has 0 saturated carbocycles. The lowest BCUT2D eigenvalue weighted by Gasteiger charge is -2.07. The number of aryl methyl sites for hydroxylation is 1. The SMILES string of the molecule is Cc1cc([N+](=O)[O-])ccc1Oc1ccc(C#N)cn1. The van der Waals surface area contributed by atoms with E-state index in [2.05, 4.69) is 4.98 Å². The summed E-state index contributed by atoms with van der Waals surface area (Å²) in [6.45, 7) is 1.71. The number of nitro benzene ring substituents is 1. The number of ether oxygens (including phenoxy) is 1. The molecule has 0 spiro atoms. The number of nitrogens with zero attached hydrogens (tertiary/aromatic N) is 3. The topological polar surface area (TPSA) is 89.0 Å². The Hall–Kier alpha value is -2.94. The van der Waals surface area contributed by atoms with Crippen LogP contribution in [0.5, 0.6) is 11.6 Å². The van der Waals surface area contributed by atoms with Gasteiger partial charge in [0.2, 0.25) is 5.88 Å². The highest BCUT2D eigenvalue weighted by Gasteiger charge is 2.09. The van der Waals surface area contributed by atoms with Crippen LogP contribution in [0.3, 0.4) is 0 Å². The predicted octanol–water partition coefficient (Wildman–Crippen LogP) is 2.96. The van der Waals surface area contributed by atoms with Gasteiger partial charge in [-0.05, 0) is 24.6 Å². The van der Waals surface area contributed by atoms with Gasteiger partial charge >= 0.3 is 0 Å². The van der Waals surface area contributed by atoms with Crippen molar-refractivity contribution in [2.75, 3.05) is 0 Å². The minimum absolute atomic E-state index is 0.0117. The fourth-order valence-corrected chi connectivity index (χ4v) is 1.48. The second kappa shape index (κ2) is 5.14. The van der Waals surface area contributed by atoms with E-state index in [0.29, 0.717) is 22.8 Å². The van der Waals surface area contributed by atoms with E-state index in [1.807, 2.05) is 6.07 Å². The minimum atomic E-state index is -0.462. The van der Waals surface area contributed by atoms with Crippen LogP contribution in [0.1, 0.15) is 11.1 Å². The first kappa shape index (κ1) is 12.5. The number of nitriles is 1. The van der Waals surface area contributed by atoms with E-state index in [4.69, 9.17) is 10.00 Å². The van der Waals surface area contributed by atoms with Crippen molar-refractivity contribution >= 4 is 5.69 Å². The summed E-state index contributed by atoms with van der Waals surface area (Å²) in [5.74, 6) is 0.818. The molecule has 0 aliphatic rings. The molecule has 0 bridgehead atoms. The van der Waals surface area contributed by atoms with Crippen LogP contribution in [-0.2, 0) is 0 Å². The second-order valence-electron chi connectivity index (χ2n) is 3.81. The Balaban J connectivity index is 2.23. The molecular weight excluding hydrogens is 246 g/mol. The summed E-state index contributed by atoms with van der Waals surface area (Å²) in [5, 5.41) is 19.3. The van der Waals surface area contributed by atoms with E-state index < -0.39 is 4.92 Å². The molecule has 0 unspecified atom stereocenters. The Morgan fingerprint density at radius 3 is 2.68 bits per heavy atom. The Labute approximate surface area is 109 Å². The van der Waals surface area contributed by atoms with Crippen molar-refractivity contribution in [3.05, 3.63) is 57.8 Å². The molecule has 0 atom stereocenters. The van der Waals surface area contributed by atoms with Crippen molar-refractivity contribution in [1.29, 1.82) is 5.26 Å². The molecule has 0 saturated heterocycles. The van der Waals surface area contributed by atoms with Gasteiger partial charge in [0.15, 0.2) is 0 Å². The summed E-state index contributed by atoms with van der Waals surface area (Å²) in [4.78, 5) is 14.1. The van der Waals surface area contributed by atoms with Gasteiger partial charge in [-0.2, -0.15) is 5.26 Å². The fourth-order valence-electron chi connectivity index (χ4n) is 1.48. The fraction of sp³-hybridized carbons (Fsp3) is 0.0769. The third kappa shape index (κ3) is 2.84. The zero-order chi connectivity index (χ0) is 13.8. The normalized spacial score (nSPS) is 9.68. The Morgan fingerprint density at radius 2 is 2.16 bits per heavy atom. The number of hydrogen-bond acceptors (Lipinski definition) is 5. The highest BCUT2D eigenvalue weighted by atomic mass is 16.6. The van der Waals surface area contributed by atoms with Crippen LogP contribution >= 0.6 is 0 Å². The quantitative estimate of drug-likeness (QED) is 0.621. The number of benzene rings is 1. The van der Waals surface area contributed by atoms with E-state index >= 15 is 0 Å². The van der Waals surface area contributed by atoms with Crippen LogP contribution in [0.4, 0.5) is 5.69 Å². The van der Waals surface area contributed by atoms with E-state index in [1.54, 1.807) is 19.1 Å². The lowest BCUT2D eigenvalue weighted by Crippen LogP contribution is -1.93. The van der Waals surface area contributed by atoms with Crippen LogP contribution in [0.25, 0.3) is 0 Å². The van der Waals surface area contributed by atoms with E-state index in [1.165, 1.54) is 24.4 Å². The molecule has 0 radical (unpaired) electrons. The van der Waals surface area contributed by atoms with Gasteiger partial charge in [-0.3, -0.25) is 10.1 Å². The van der Waals surface area contributed by atoms with Crippen molar-refractivity contribution in [2.24, 2.45) is 0 Å². The van der Waals surface area contributed by atoms with Crippen molar-refractivity contribution in [3.63, 3.8) is 0 Å². The van der Waals surface area contributed by atoms with Crippen LogP contribution in [0.15, 0.2) is 36.5 Å². The van der Waals surface area contributed by atoms with E-state index in [-0.39, 0.29) is 5.69 Å². The summed E-state index contributed by atoms with van der Waals surface area (Å²) < 4.78 is 5.50. The standard InChI is InChI=1S/C13H9N3O3/c1-9-6-11(16(17)18)3-4-12(9)19-13-5-2-10(7-14)8-15-13/h2-6,8H,1H3. The zero-order valence-electron chi connectivity index (χ0n) is 10.0. The zero-order valence-corrected chi connectivity index (χ0v) is 10.0. The van der Waals surface area contributed by atoms with Crippen molar-refractivity contribution in [2.45, 2.75) is 6.92 Å². The predicted molar refractivity (Wildman–Crippen MR) is 66.9 cm³/mol. The van der Waals surface area contributed by atoms with Gasteiger partial charge in [0.05, 0.1) is 10.5 Å². The maximum Gasteiger partial charge on any atom is 0.269 e. The van der Waals surface area contributed by atoms with Gasteiger partial charge in [-0.25, -0.2) is 4.98 Å². The minimum Gasteiger partial charge on any atom is -0.439 e. The highest BCUT2D eigenvalue weighted by molar-refractivity contribution is 5.44. The first-order valence-corrected chi connectivity index (χ1v) is 5.39. The second-order valence-corrected chi connectivity index (χ2v) is 3.81. The summed E-state index contributed by atoms with van der Waals surface area (Å²) in [6, 6.07) is 9.43. The largest absolute Gasteiger partial charge is 0.439 e. The average Bonchev–Trinajstić information content (AvgIpc) is 2.41. The first-order chi connectivity index (χ1) is 9.10. The first-order valence-electron chi connectivity index (χ1n) is 5.39. The molecule has 1 heterocycles. The van der Waals surface area contributed by atoms with Gasteiger partial charge < -0.3 is 4.74 Å². The van der Waals surface area contributed by atoms with Crippen LogP contribution in [-0.4, -0.2) is 9.91 Å². The number of non-ortho nitro benzene ring substituents is 1. The summed E-state index contributed by atoms with van der Waals surface area (Å²) in [7, 11) is 0. The molecule has 1 aromatic carbocycles. The molecule has 6 nitrogen and oxygen atoms in total. The van der Waals surface area contributed by atoms with Crippen LogP contribution in [0, 0.1) is 28.4 Å². The van der Waals surface area contributed by atoms with Gasteiger partial charge in [-0.15, -0.1) is 0 Å². The molecule has 0 aliphatic heterocycles. The maximum atomic E-state index is 10.6. The molecule has 6 heteroatoms. The van der Waals surface area contributed by atoms with Gasteiger partial charge in [0.1, 0.15) is 11.8 Å². The summed E-state index contributed by atoms with van der Waals surface area (Å²) in [5.41, 5.74) is 1.09. The maximum absolute atomic E-state index is 10.6. The molecule has 2 rings (SSSR count). The Kier molecular flexibility index (Phi) is 3.39. The molecule has 0 aliphatic carbocycles. The third-order valence-electron chi connectivity index (χ3n) is 2.45. The number of nitro groups is 1. The van der Waals surface area contributed by atoms with Crippen molar-refractivity contribution in [3.8, 4) is 17.7 Å². The monoisotopic (exact) mass is 255 g/mol. The highest BCUT2D eigenvalue weighted by Crippen LogP contribution is 2.26. The Bertz CT molecular complexity index is 660. The van der Waals surface area contributed by atoms with Crippen molar-refractivity contribution in [1.82, 2.24) is 4.98 Å². The molecule has 0 amide bonds. The number of pyridine rings is 1. The lowest BCUT2D eigenvalue weighted by atomic mass is 10.2. The molecule has 94 valence electrons. The lowest BCUT2D eigenvalue weighted by molar-refractivity contribution is -0.384. The number of hydrogen-bond donors (Lipinski definition) is 0. The number of rotatable bonds is 3. The molecular formula is C13H9N3O3.